The lowest BCUT2D eigenvalue weighted by atomic mass is 10.2. The molecule has 1 N–H and O–H groups in total. The molecule has 118 valence electrons. The second-order valence-electron chi connectivity index (χ2n) is 4.53. The number of para-hydroxylation sites is 1. The molecular formula is C15H9Cl3N2O2S. The van der Waals surface area contributed by atoms with E-state index in [0.717, 1.165) is 4.70 Å². The largest absolute Gasteiger partial charge is 0.494 e. The van der Waals surface area contributed by atoms with Gasteiger partial charge in [-0.05, 0) is 24.3 Å². The molecule has 0 radical (unpaired) electrons. The number of fused-ring (bicyclic) bond motifs is 1. The Kier molecular flexibility index (Phi) is 4.64. The number of nitrogens with zero attached hydrogens (tertiary/aromatic N) is 1. The summed E-state index contributed by atoms with van der Waals surface area (Å²) in [6.07, 6.45) is 0. The molecule has 0 aliphatic heterocycles. The Balaban J connectivity index is 1.96. The summed E-state index contributed by atoms with van der Waals surface area (Å²) in [5.41, 5.74) is 0.876. The molecule has 2 aromatic carbocycles. The molecule has 0 spiro atoms. The standard InChI is InChI=1S/C15H9Cl3N2O2S/c1-22-13-8(5-7(16)6-10(13)18)14(21)20-15-19-12-9(17)3-2-4-11(12)23-15/h2-6H,1H3,(H,19,20,21). The normalized spacial score (nSPS) is 10.8. The molecule has 0 aliphatic rings. The van der Waals surface area contributed by atoms with Crippen molar-refractivity contribution in [1.82, 2.24) is 4.98 Å². The second-order valence-corrected chi connectivity index (χ2v) is 6.81. The highest BCUT2D eigenvalue weighted by Crippen LogP contribution is 2.34. The number of carbonyl (C=O) groups excluding carboxylic acids is 1. The van der Waals surface area contributed by atoms with Gasteiger partial charge in [-0.25, -0.2) is 4.98 Å². The highest BCUT2D eigenvalue weighted by atomic mass is 35.5. The third-order valence-electron chi connectivity index (χ3n) is 3.05. The topological polar surface area (TPSA) is 51.2 Å². The Morgan fingerprint density at radius 3 is 2.70 bits per heavy atom. The van der Waals surface area contributed by atoms with Crippen molar-refractivity contribution in [2.75, 3.05) is 12.4 Å². The summed E-state index contributed by atoms with van der Waals surface area (Å²) in [7, 11) is 1.43. The number of carbonyl (C=O) groups is 1. The Morgan fingerprint density at radius 1 is 1.22 bits per heavy atom. The fourth-order valence-corrected chi connectivity index (χ4v) is 3.80. The summed E-state index contributed by atoms with van der Waals surface area (Å²) in [4.78, 5) is 16.8. The summed E-state index contributed by atoms with van der Waals surface area (Å²) in [6.45, 7) is 0. The number of methoxy groups -OCH3 is 1. The number of aromatic nitrogens is 1. The van der Waals surface area contributed by atoms with Crippen LogP contribution in [0.1, 0.15) is 10.4 Å². The van der Waals surface area contributed by atoms with Crippen molar-refractivity contribution in [2.45, 2.75) is 0 Å². The maximum Gasteiger partial charge on any atom is 0.261 e. The zero-order valence-electron chi connectivity index (χ0n) is 11.7. The van der Waals surface area contributed by atoms with Crippen LogP contribution in [0.2, 0.25) is 15.1 Å². The van der Waals surface area contributed by atoms with Gasteiger partial charge in [0.1, 0.15) is 11.3 Å². The molecule has 1 aromatic heterocycles. The van der Waals surface area contributed by atoms with E-state index in [0.29, 0.717) is 20.7 Å². The van der Waals surface area contributed by atoms with Gasteiger partial charge in [-0.15, -0.1) is 0 Å². The Hall–Kier alpha value is -1.53. The first-order valence-electron chi connectivity index (χ1n) is 6.39. The summed E-state index contributed by atoms with van der Waals surface area (Å²) in [5.74, 6) is -0.158. The van der Waals surface area contributed by atoms with Gasteiger partial charge in [-0.1, -0.05) is 52.2 Å². The summed E-state index contributed by atoms with van der Waals surface area (Å²) >= 11 is 19.4. The molecule has 1 amide bonds. The molecule has 0 aliphatic carbocycles. The third kappa shape index (κ3) is 3.23. The fraction of sp³-hybridized carbons (Fsp3) is 0.0667. The summed E-state index contributed by atoms with van der Waals surface area (Å²) in [5, 5.41) is 4.28. The number of thiazole rings is 1. The lowest BCUT2D eigenvalue weighted by Gasteiger charge is -2.10. The van der Waals surface area contributed by atoms with Crippen LogP contribution in [0.15, 0.2) is 30.3 Å². The smallest absolute Gasteiger partial charge is 0.261 e. The Bertz CT molecular complexity index is 911. The predicted molar refractivity (Wildman–Crippen MR) is 95.6 cm³/mol. The minimum atomic E-state index is -0.415. The van der Waals surface area contributed by atoms with E-state index in [1.165, 1.54) is 30.6 Å². The molecule has 0 saturated carbocycles. The number of benzene rings is 2. The Morgan fingerprint density at radius 2 is 2.00 bits per heavy atom. The molecule has 0 bridgehead atoms. The molecule has 4 nitrogen and oxygen atoms in total. The van der Waals surface area contributed by atoms with Crippen molar-refractivity contribution in [2.24, 2.45) is 0 Å². The van der Waals surface area contributed by atoms with E-state index in [4.69, 9.17) is 39.5 Å². The van der Waals surface area contributed by atoms with Gasteiger partial charge in [0.15, 0.2) is 5.13 Å². The van der Waals surface area contributed by atoms with E-state index in [1.807, 2.05) is 12.1 Å². The summed E-state index contributed by atoms with van der Waals surface area (Å²) < 4.78 is 6.06. The van der Waals surface area contributed by atoms with Gasteiger partial charge in [0.25, 0.3) is 5.91 Å². The van der Waals surface area contributed by atoms with Crippen molar-refractivity contribution in [1.29, 1.82) is 0 Å². The van der Waals surface area contributed by atoms with Crippen LogP contribution in [-0.2, 0) is 0 Å². The minimum absolute atomic E-state index is 0.232. The predicted octanol–water partition coefficient (Wildman–Crippen LogP) is 5.52. The fourth-order valence-electron chi connectivity index (χ4n) is 2.07. The van der Waals surface area contributed by atoms with Crippen molar-refractivity contribution in [3.05, 3.63) is 51.0 Å². The van der Waals surface area contributed by atoms with Crippen LogP contribution in [0.4, 0.5) is 5.13 Å². The molecular weight excluding hydrogens is 379 g/mol. The van der Waals surface area contributed by atoms with E-state index in [9.17, 15) is 4.79 Å². The van der Waals surface area contributed by atoms with E-state index in [-0.39, 0.29) is 16.3 Å². The van der Waals surface area contributed by atoms with Gasteiger partial charge in [-0.2, -0.15) is 0 Å². The second kappa shape index (κ2) is 6.53. The van der Waals surface area contributed by atoms with E-state index in [2.05, 4.69) is 10.3 Å². The number of amides is 1. The molecule has 0 saturated heterocycles. The van der Waals surface area contributed by atoms with Crippen LogP contribution < -0.4 is 10.1 Å². The third-order valence-corrected chi connectivity index (χ3v) is 4.79. The van der Waals surface area contributed by atoms with Crippen LogP contribution >= 0.6 is 46.1 Å². The summed E-state index contributed by atoms with van der Waals surface area (Å²) in [6, 6.07) is 8.45. The molecule has 0 unspecified atom stereocenters. The minimum Gasteiger partial charge on any atom is -0.494 e. The quantitative estimate of drug-likeness (QED) is 0.644. The van der Waals surface area contributed by atoms with Crippen LogP contribution in [0, 0.1) is 0 Å². The van der Waals surface area contributed by atoms with E-state index < -0.39 is 5.91 Å². The number of anilines is 1. The van der Waals surface area contributed by atoms with E-state index >= 15 is 0 Å². The van der Waals surface area contributed by atoms with Crippen LogP contribution in [0.3, 0.4) is 0 Å². The maximum atomic E-state index is 12.5. The molecule has 0 fully saturated rings. The average molecular weight is 388 g/mol. The van der Waals surface area contributed by atoms with Gasteiger partial charge < -0.3 is 4.74 Å². The molecule has 0 atom stereocenters. The number of nitrogens with one attached hydrogen (secondary N) is 1. The van der Waals surface area contributed by atoms with Gasteiger partial charge in [-0.3, -0.25) is 10.1 Å². The van der Waals surface area contributed by atoms with Gasteiger partial charge in [0.05, 0.1) is 27.4 Å². The first-order valence-corrected chi connectivity index (χ1v) is 8.34. The van der Waals surface area contributed by atoms with Crippen LogP contribution in [0.5, 0.6) is 5.75 Å². The van der Waals surface area contributed by atoms with E-state index in [1.54, 1.807) is 6.07 Å². The van der Waals surface area contributed by atoms with Crippen molar-refractivity contribution in [3.8, 4) is 5.75 Å². The zero-order valence-corrected chi connectivity index (χ0v) is 14.8. The number of ether oxygens (including phenoxy) is 1. The highest BCUT2D eigenvalue weighted by Gasteiger charge is 2.18. The zero-order chi connectivity index (χ0) is 16.6. The SMILES string of the molecule is COc1c(Cl)cc(Cl)cc1C(=O)Nc1nc2c(Cl)cccc2s1. The lowest BCUT2D eigenvalue weighted by Crippen LogP contribution is -2.13. The van der Waals surface area contributed by atoms with Crippen LogP contribution in [0.25, 0.3) is 10.2 Å². The van der Waals surface area contributed by atoms with Gasteiger partial charge >= 0.3 is 0 Å². The number of halogens is 3. The molecule has 3 rings (SSSR count). The first-order chi connectivity index (χ1) is 11.0. The molecule has 3 aromatic rings. The number of rotatable bonds is 3. The van der Waals surface area contributed by atoms with Crippen LogP contribution in [-0.4, -0.2) is 18.0 Å². The van der Waals surface area contributed by atoms with Crippen molar-refractivity contribution in [3.63, 3.8) is 0 Å². The average Bonchev–Trinajstić information content (AvgIpc) is 2.90. The van der Waals surface area contributed by atoms with Gasteiger partial charge in [0.2, 0.25) is 0 Å². The number of hydrogen-bond acceptors (Lipinski definition) is 4. The first kappa shape index (κ1) is 16.3. The highest BCUT2D eigenvalue weighted by molar-refractivity contribution is 7.22. The maximum absolute atomic E-state index is 12.5. The lowest BCUT2D eigenvalue weighted by molar-refractivity contribution is 0.102. The Labute approximate surface area is 150 Å². The molecule has 23 heavy (non-hydrogen) atoms. The number of hydrogen-bond donors (Lipinski definition) is 1. The van der Waals surface area contributed by atoms with Gasteiger partial charge in [0, 0.05) is 5.02 Å². The molecule has 1 heterocycles. The monoisotopic (exact) mass is 386 g/mol. The molecule has 8 heteroatoms. The van der Waals surface area contributed by atoms with Crippen molar-refractivity contribution >= 4 is 67.4 Å². The van der Waals surface area contributed by atoms with Crippen molar-refractivity contribution < 1.29 is 9.53 Å².